The highest BCUT2D eigenvalue weighted by molar-refractivity contribution is 7.19. The number of fused-ring (bicyclic) bond motifs is 2. The predicted octanol–water partition coefficient (Wildman–Crippen LogP) is 5.22. The Balaban J connectivity index is 1.45. The first-order valence-electron chi connectivity index (χ1n) is 11.7. The van der Waals surface area contributed by atoms with E-state index in [1.165, 1.54) is 43.7 Å². The zero-order chi connectivity index (χ0) is 22.2. The van der Waals surface area contributed by atoms with Crippen molar-refractivity contribution in [1.82, 2.24) is 24.9 Å². The van der Waals surface area contributed by atoms with Crippen LogP contribution in [0.2, 0.25) is 0 Å². The maximum Gasteiger partial charge on any atom is 0.158 e. The third kappa shape index (κ3) is 2.84. The summed E-state index contributed by atoms with van der Waals surface area (Å²) < 4.78 is 8.07. The van der Waals surface area contributed by atoms with Crippen molar-refractivity contribution in [2.45, 2.75) is 64.9 Å². The van der Waals surface area contributed by atoms with Gasteiger partial charge in [-0.1, -0.05) is 13.8 Å². The summed E-state index contributed by atoms with van der Waals surface area (Å²) in [6.45, 7) is 14.1. The van der Waals surface area contributed by atoms with E-state index in [-0.39, 0.29) is 5.60 Å². The quantitative estimate of drug-likeness (QED) is 0.450. The molecule has 0 amide bonds. The lowest BCUT2D eigenvalue weighted by Gasteiger charge is -2.49. The van der Waals surface area contributed by atoms with Gasteiger partial charge in [-0.2, -0.15) is 5.10 Å². The van der Waals surface area contributed by atoms with Crippen LogP contribution in [0.3, 0.4) is 0 Å². The van der Waals surface area contributed by atoms with Crippen LogP contribution >= 0.6 is 11.3 Å². The fraction of sp³-hybridized carbons (Fsp3) is 0.520. The van der Waals surface area contributed by atoms with Gasteiger partial charge in [-0.25, -0.2) is 9.50 Å². The third-order valence-electron chi connectivity index (χ3n) is 7.68. The minimum atomic E-state index is 0.0704. The van der Waals surface area contributed by atoms with Crippen molar-refractivity contribution in [2.24, 2.45) is 0 Å². The Hall–Kier alpha value is -2.22. The Morgan fingerprint density at radius 2 is 2.00 bits per heavy atom. The van der Waals surface area contributed by atoms with E-state index in [1.807, 2.05) is 15.9 Å². The summed E-state index contributed by atoms with van der Waals surface area (Å²) in [5.41, 5.74) is 8.79. The Bertz CT molecular complexity index is 1330. The number of pyridine rings is 1. The topological polar surface area (TPSA) is 67.2 Å². The van der Waals surface area contributed by atoms with Gasteiger partial charge >= 0.3 is 0 Å². The van der Waals surface area contributed by atoms with Crippen LogP contribution in [-0.4, -0.2) is 44.9 Å². The summed E-state index contributed by atoms with van der Waals surface area (Å²) >= 11 is 1.95. The molecule has 4 aromatic rings. The van der Waals surface area contributed by atoms with Crippen LogP contribution in [-0.2, 0) is 4.74 Å². The van der Waals surface area contributed by atoms with Gasteiger partial charge < -0.3 is 15.0 Å². The van der Waals surface area contributed by atoms with Crippen LogP contribution in [0.1, 0.15) is 65.7 Å². The lowest BCUT2D eigenvalue weighted by atomic mass is 9.69. The summed E-state index contributed by atoms with van der Waals surface area (Å²) in [7, 11) is 0. The molecule has 32 heavy (non-hydrogen) atoms. The molecule has 2 N–H and O–H groups in total. The Labute approximate surface area is 192 Å². The SMILES string of the molecule is Cc1c(-c2[nH]c3sc([C@H]4C[C@@]5(CNCCO5)C4)c(C)c3c2C(C)C)cn2ncnc2c1C. The first-order chi connectivity index (χ1) is 15.4. The Morgan fingerprint density at radius 1 is 1.19 bits per heavy atom. The van der Waals surface area contributed by atoms with Gasteiger partial charge in [0.15, 0.2) is 5.65 Å². The van der Waals surface area contributed by atoms with Crippen LogP contribution in [0.5, 0.6) is 0 Å². The Kier molecular flexibility index (Phi) is 4.55. The maximum absolute atomic E-state index is 6.16. The minimum absolute atomic E-state index is 0.0704. The second kappa shape index (κ2) is 7.14. The van der Waals surface area contributed by atoms with E-state index < -0.39 is 0 Å². The van der Waals surface area contributed by atoms with Gasteiger partial charge in [0, 0.05) is 35.1 Å². The third-order valence-corrected chi connectivity index (χ3v) is 9.05. The number of ether oxygens (including phenoxy) is 1. The maximum atomic E-state index is 6.16. The zero-order valence-electron chi connectivity index (χ0n) is 19.5. The normalized spacial score (nSPS) is 23.6. The molecule has 0 aromatic carbocycles. The predicted molar refractivity (Wildman–Crippen MR) is 130 cm³/mol. The van der Waals surface area contributed by atoms with Crippen molar-refractivity contribution >= 4 is 27.2 Å². The first-order valence-corrected chi connectivity index (χ1v) is 12.5. The summed E-state index contributed by atoms with van der Waals surface area (Å²) in [5.74, 6) is 1.03. The van der Waals surface area contributed by atoms with Gasteiger partial charge in [0.05, 0.1) is 17.9 Å². The molecule has 0 radical (unpaired) electrons. The van der Waals surface area contributed by atoms with Crippen LogP contribution in [0, 0.1) is 20.8 Å². The lowest BCUT2D eigenvalue weighted by Crippen LogP contribution is -2.56. The average Bonchev–Trinajstić information content (AvgIpc) is 3.44. The zero-order valence-corrected chi connectivity index (χ0v) is 20.3. The van der Waals surface area contributed by atoms with Crippen molar-refractivity contribution in [3.05, 3.63) is 39.7 Å². The number of thiophene rings is 1. The number of aromatic amines is 1. The second-order valence-corrected chi connectivity index (χ2v) is 11.1. The summed E-state index contributed by atoms with van der Waals surface area (Å²) in [6, 6.07) is 0. The molecular weight excluding hydrogens is 418 g/mol. The standard InChI is InChI=1S/C25H31N5OS/c1-13(2)19-20-16(5)22(17-8-25(9-17)11-26-6-7-31-25)32-24(20)29-21(19)18-10-30-23(27-12-28-30)15(4)14(18)3/h10,12-13,17,26,29H,6-9,11H2,1-5H3/t17-,25-. The van der Waals surface area contributed by atoms with Gasteiger partial charge in [0.1, 0.15) is 11.2 Å². The van der Waals surface area contributed by atoms with Gasteiger partial charge in [0.2, 0.25) is 0 Å². The highest BCUT2D eigenvalue weighted by Crippen LogP contribution is 2.53. The van der Waals surface area contributed by atoms with Gasteiger partial charge in [-0.15, -0.1) is 11.3 Å². The summed E-state index contributed by atoms with van der Waals surface area (Å²) in [6.07, 6.45) is 6.03. The molecule has 0 unspecified atom stereocenters. The highest BCUT2D eigenvalue weighted by Gasteiger charge is 2.48. The van der Waals surface area contributed by atoms with E-state index in [0.29, 0.717) is 11.8 Å². The molecule has 6 nitrogen and oxygen atoms in total. The summed E-state index contributed by atoms with van der Waals surface area (Å²) in [4.78, 5) is 11.1. The molecule has 6 rings (SSSR count). The number of aromatic nitrogens is 4. The van der Waals surface area contributed by atoms with E-state index in [1.54, 1.807) is 11.2 Å². The monoisotopic (exact) mass is 449 g/mol. The Morgan fingerprint density at radius 3 is 2.72 bits per heavy atom. The molecule has 1 aliphatic heterocycles. The van der Waals surface area contributed by atoms with E-state index in [9.17, 15) is 0 Å². The van der Waals surface area contributed by atoms with E-state index >= 15 is 0 Å². The van der Waals surface area contributed by atoms with Gasteiger partial charge in [-0.05, 0) is 67.7 Å². The lowest BCUT2D eigenvalue weighted by molar-refractivity contribution is -0.125. The number of H-pyrrole nitrogens is 1. The smallest absolute Gasteiger partial charge is 0.158 e. The van der Waals surface area contributed by atoms with Gasteiger partial charge in [-0.3, -0.25) is 0 Å². The van der Waals surface area contributed by atoms with Crippen molar-refractivity contribution in [3.8, 4) is 11.3 Å². The minimum Gasteiger partial charge on any atom is -0.372 e. The van der Waals surface area contributed by atoms with Crippen LogP contribution in [0.25, 0.3) is 27.1 Å². The second-order valence-electron chi connectivity index (χ2n) is 10.00. The summed E-state index contributed by atoms with van der Waals surface area (Å²) in [5, 5.41) is 9.36. The fourth-order valence-corrected chi connectivity index (χ4v) is 7.20. The van der Waals surface area contributed by atoms with Gasteiger partial charge in [0.25, 0.3) is 0 Å². The van der Waals surface area contributed by atoms with Crippen molar-refractivity contribution < 1.29 is 4.74 Å². The van der Waals surface area contributed by atoms with Crippen molar-refractivity contribution in [3.63, 3.8) is 0 Å². The van der Waals surface area contributed by atoms with Crippen molar-refractivity contribution in [2.75, 3.05) is 19.7 Å². The molecule has 4 aromatic heterocycles. The number of aryl methyl sites for hydroxylation is 2. The number of hydrogen-bond donors (Lipinski definition) is 2. The highest BCUT2D eigenvalue weighted by atomic mass is 32.1. The fourth-order valence-electron chi connectivity index (χ4n) is 5.88. The molecule has 0 atom stereocenters. The molecule has 0 bridgehead atoms. The molecule has 7 heteroatoms. The number of nitrogens with zero attached hydrogens (tertiary/aromatic N) is 3. The first kappa shape index (κ1) is 20.4. The molecule has 168 valence electrons. The molecule has 1 aliphatic carbocycles. The molecule has 5 heterocycles. The van der Waals surface area contributed by atoms with E-state index in [0.717, 1.165) is 38.2 Å². The average molecular weight is 450 g/mol. The van der Waals surface area contributed by atoms with Crippen LogP contribution in [0.4, 0.5) is 0 Å². The number of nitrogens with one attached hydrogen (secondary N) is 2. The number of morpholine rings is 1. The number of hydrogen-bond acceptors (Lipinski definition) is 5. The van der Waals surface area contributed by atoms with Crippen molar-refractivity contribution in [1.29, 1.82) is 0 Å². The number of rotatable bonds is 3. The molecule has 1 spiro atoms. The molecule has 2 fully saturated rings. The van der Waals surface area contributed by atoms with Crippen LogP contribution < -0.4 is 5.32 Å². The van der Waals surface area contributed by atoms with Crippen LogP contribution in [0.15, 0.2) is 12.5 Å². The largest absolute Gasteiger partial charge is 0.372 e. The molecule has 1 saturated heterocycles. The van der Waals surface area contributed by atoms with E-state index in [4.69, 9.17) is 4.74 Å². The molecule has 2 aliphatic rings. The molecular formula is C25H31N5OS. The van der Waals surface area contributed by atoms with E-state index in [2.05, 4.69) is 61.2 Å². The molecule has 1 saturated carbocycles.